The number of hydrogen-bond donors (Lipinski definition) is 0. The van der Waals surface area contributed by atoms with Gasteiger partial charge in [-0.1, -0.05) is 40.0 Å². The fourth-order valence-corrected chi connectivity index (χ4v) is 1.49. The number of hydrogen-bond acceptors (Lipinski definition) is 1. The highest BCUT2D eigenvalue weighted by Crippen LogP contribution is 2.19. The minimum atomic E-state index is 0.306. The normalized spacial score (nSPS) is 15.9. The van der Waals surface area contributed by atoms with E-state index < -0.39 is 0 Å². The highest BCUT2D eigenvalue weighted by molar-refractivity contribution is 5.53. The molecule has 0 spiro atoms. The van der Waals surface area contributed by atoms with Crippen LogP contribution >= 0.6 is 0 Å². The quantitative estimate of drug-likeness (QED) is 0.540. The molecule has 2 atom stereocenters. The number of aldehydes is 1. The molecule has 0 aliphatic carbocycles. The van der Waals surface area contributed by atoms with Gasteiger partial charge in [0.05, 0.1) is 0 Å². The first-order valence-corrected chi connectivity index (χ1v) is 4.71. The van der Waals surface area contributed by atoms with E-state index in [-0.39, 0.29) is 0 Å². The van der Waals surface area contributed by atoms with Gasteiger partial charge < -0.3 is 4.79 Å². The van der Waals surface area contributed by atoms with E-state index in [1.165, 1.54) is 12.8 Å². The number of carbonyl (C=O) groups excluding carboxylic acids is 1. The van der Waals surface area contributed by atoms with Crippen molar-refractivity contribution in [3.63, 3.8) is 0 Å². The first-order chi connectivity index (χ1) is 5.26. The largest absolute Gasteiger partial charge is 0.303 e. The van der Waals surface area contributed by atoms with Gasteiger partial charge in [-0.2, -0.15) is 0 Å². The van der Waals surface area contributed by atoms with Crippen LogP contribution in [0.4, 0.5) is 0 Å². The van der Waals surface area contributed by atoms with Crippen molar-refractivity contribution in [3.8, 4) is 0 Å². The topological polar surface area (TPSA) is 17.1 Å². The van der Waals surface area contributed by atoms with Crippen molar-refractivity contribution in [1.29, 1.82) is 0 Å². The lowest BCUT2D eigenvalue weighted by Gasteiger charge is -2.16. The molecule has 1 heteroatoms. The van der Waals surface area contributed by atoms with Crippen molar-refractivity contribution in [2.75, 3.05) is 0 Å². The van der Waals surface area contributed by atoms with Crippen molar-refractivity contribution >= 4 is 6.29 Å². The van der Waals surface area contributed by atoms with Crippen molar-refractivity contribution < 1.29 is 4.79 Å². The van der Waals surface area contributed by atoms with Crippen LogP contribution in [0.5, 0.6) is 0 Å². The third-order valence-corrected chi connectivity index (χ3v) is 2.27. The Labute approximate surface area is 70.2 Å². The average molecular weight is 156 g/mol. The molecule has 0 aliphatic rings. The summed E-state index contributed by atoms with van der Waals surface area (Å²) in [4.78, 5) is 10.6. The average Bonchev–Trinajstić information content (AvgIpc) is 2.00. The summed E-state index contributed by atoms with van der Waals surface area (Å²) < 4.78 is 0. The van der Waals surface area contributed by atoms with E-state index in [2.05, 4.69) is 20.8 Å². The Morgan fingerprint density at radius 3 is 2.09 bits per heavy atom. The van der Waals surface area contributed by atoms with E-state index in [1.807, 2.05) is 0 Å². The smallest absolute Gasteiger partial charge is 0.123 e. The van der Waals surface area contributed by atoms with Gasteiger partial charge in [-0.25, -0.2) is 0 Å². The Balaban J connectivity index is 3.70. The molecule has 1 nitrogen and oxygen atoms in total. The van der Waals surface area contributed by atoms with Crippen LogP contribution in [0, 0.1) is 11.8 Å². The molecule has 11 heavy (non-hydrogen) atoms. The summed E-state index contributed by atoms with van der Waals surface area (Å²) in [6.45, 7) is 6.48. The minimum Gasteiger partial charge on any atom is -0.303 e. The zero-order valence-electron chi connectivity index (χ0n) is 7.97. The van der Waals surface area contributed by atoms with Crippen molar-refractivity contribution in [3.05, 3.63) is 0 Å². The second kappa shape index (κ2) is 6.38. The number of rotatable bonds is 6. The van der Waals surface area contributed by atoms with Crippen LogP contribution in [-0.4, -0.2) is 6.29 Å². The van der Waals surface area contributed by atoms with Gasteiger partial charge in [-0.15, -0.1) is 0 Å². The molecule has 0 aromatic heterocycles. The van der Waals surface area contributed by atoms with E-state index in [1.54, 1.807) is 0 Å². The molecule has 0 radical (unpaired) electrons. The molecular formula is C10H20O. The summed E-state index contributed by atoms with van der Waals surface area (Å²) in [6.07, 6.45) is 5.69. The van der Waals surface area contributed by atoms with Gasteiger partial charge in [0.2, 0.25) is 0 Å². The maximum Gasteiger partial charge on any atom is 0.123 e. The van der Waals surface area contributed by atoms with Crippen molar-refractivity contribution in [2.45, 2.75) is 46.5 Å². The summed E-state index contributed by atoms with van der Waals surface area (Å²) in [5.41, 5.74) is 0. The zero-order valence-corrected chi connectivity index (χ0v) is 7.97. The summed E-state index contributed by atoms with van der Waals surface area (Å²) >= 11 is 0. The Morgan fingerprint density at radius 1 is 1.18 bits per heavy atom. The molecule has 0 rings (SSSR count). The standard InChI is InChI=1S/C10H20O/c1-4-6-9(3)10(8-11)7-5-2/h8-10H,4-7H2,1-3H3. The van der Waals surface area contributed by atoms with Crippen LogP contribution in [0.3, 0.4) is 0 Å². The van der Waals surface area contributed by atoms with Gasteiger partial charge in [0.1, 0.15) is 6.29 Å². The molecule has 0 aromatic rings. The zero-order chi connectivity index (χ0) is 8.69. The molecular weight excluding hydrogens is 136 g/mol. The second-order valence-electron chi connectivity index (χ2n) is 3.35. The van der Waals surface area contributed by atoms with E-state index in [0.717, 1.165) is 19.1 Å². The van der Waals surface area contributed by atoms with E-state index in [0.29, 0.717) is 11.8 Å². The Bertz CT molecular complexity index is 99.0. The van der Waals surface area contributed by atoms with Crippen LogP contribution in [0.15, 0.2) is 0 Å². The monoisotopic (exact) mass is 156 g/mol. The van der Waals surface area contributed by atoms with Crippen molar-refractivity contribution in [2.24, 2.45) is 11.8 Å². The first-order valence-electron chi connectivity index (χ1n) is 4.71. The molecule has 66 valence electrons. The van der Waals surface area contributed by atoms with Gasteiger partial charge in [-0.3, -0.25) is 0 Å². The summed E-state index contributed by atoms with van der Waals surface area (Å²) in [7, 11) is 0. The minimum absolute atomic E-state index is 0.306. The van der Waals surface area contributed by atoms with Crippen LogP contribution < -0.4 is 0 Å². The van der Waals surface area contributed by atoms with Gasteiger partial charge in [0.15, 0.2) is 0 Å². The molecule has 0 fully saturated rings. The molecule has 0 saturated carbocycles. The van der Waals surface area contributed by atoms with Crippen LogP contribution in [0.25, 0.3) is 0 Å². The van der Waals surface area contributed by atoms with Crippen LogP contribution in [0.1, 0.15) is 46.5 Å². The fourth-order valence-electron chi connectivity index (χ4n) is 1.49. The first kappa shape index (κ1) is 10.7. The summed E-state index contributed by atoms with van der Waals surface area (Å²) in [5, 5.41) is 0. The SMILES string of the molecule is CCCC(C)C(C=O)CCC. The molecule has 0 aromatic carbocycles. The molecule has 0 bridgehead atoms. The molecule has 0 aliphatic heterocycles. The Hall–Kier alpha value is -0.330. The van der Waals surface area contributed by atoms with E-state index >= 15 is 0 Å². The van der Waals surface area contributed by atoms with Gasteiger partial charge in [-0.05, 0) is 12.3 Å². The Kier molecular flexibility index (Phi) is 6.19. The summed E-state index contributed by atoms with van der Waals surface area (Å²) in [5.74, 6) is 0.886. The molecule has 0 N–H and O–H groups in total. The molecule has 0 amide bonds. The maximum atomic E-state index is 10.6. The highest BCUT2D eigenvalue weighted by atomic mass is 16.1. The van der Waals surface area contributed by atoms with Gasteiger partial charge in [0.25, 0.3) is 0 Å². The second-order valence-corrected chi connectivity index (χ2v) is 3.35. The van der Waals surface area contributed by atoms with Crippen LogP contribution in [0.2, 0.25) is 0 Å². The third-order valence-electron chi connectivity index (χ3n) is 2.27. The lowest BCUT2D eigenvalue weighted by atomic mass is 9.88. The lowest BCUT2D eigenvalue weighted by molar-refractivity contribution is -0.112. The van der Waals surface area contributed by atoms with E-state index in [9.17, 15) is 4.79 Å². The van der Waals surface area contributed by atoms with Gasteiger partial charge in [0, 0.05) is 5.92 Å². The number of carbonyl (C=O) groups is 1. The summed E-state index contributed by atoms with van der Waals surface area (Å²) in [6, 6.07) is 0. The predicted molar refractivity (Wildman–Crippen MR) is 48.5 cm³/mol. The lowest BCUT2D eigenvalue weighted by Crippen LogP contribution is -2.12. The van der Waals surface area contributed by atoms with Gasteiger partial charge >= 0.3 is 0 Å². The van der Waals surface area contributed by atoms with Crippen molar-refractivity contribution in [1.82, 2.24) is 0 Å². The third kappa shape index (κ3) is 4.18. The highest BCUT2D eigenvalue weighted by Gasteiger charge is 2.13. The fraction of sp³-hybridized carbons (Fsp3) is 0.900. The Morgan fingerprint density at radius 2 is 1.73 bits per heavy atom. The maximum absolute atomic E-state index is 10.6. The van der Waals surface area contributed by atoms with Crippen LogP contribution in [-0.2, 0) is 4.79 Å². The predicted octanol–water partition coefficient (Wildman–Crippen LogP) is 3.04. The molecule has 0 saturated heterocycles. The van der Waals surface area contributed by atoms with E-state index in [4.69, 9.17) is 0 Å². The molecule has 2 unspecified atom stereocenters. The molecule has 0 heterocycles.